The van der Waals surface area contributed by atoms with Crippen molar-refractivity contribution in [1.29, 1.82) is 0 Å². The highest BCUT2D eigenvalue weighted by molar-refractivity contribution is 6.76. The Hall–Kier alpha value is -3.28. The van der Waals surface area contributed by atoms with Crippen molar-refractivity contribution in [3.05, 3.63) is 35.5 Å². The number of primary amides is 1. The van der Waals surface area contributed by atoms with Crippen molar-refractivity contribution in [3.63, 3.8) is 0 Å². The summed E-state index contributed by atoms with van der Waals surface area (Å²) in [4.78, 5) is 52.4. The summed E-state index contributed by atoms with van der Waals surface area (Å²) in [6, 6.07) is 1.37. The van der Waals surface area contributed by atoms with Gasteiger partial charge >= 0.3 is 0 Å². The topological polar surface area (TPSA) is 146 Å². The number of hydrogen-bond acceptors (Lipinski definition) is 4. The largest absolute Gasteiger partial charge is 0.368 e. The van der Waals surface area contributed by atoms with E-state index < -0.39 is 55.4 Å². The van der Waals surface area contributed by atoms with Gasteiger partial charge in [-0.1, -0.05) is 19.6 Å². The van der Waals surface area contributed by atoms with Crippen LogP contribution < -0.4 is 21.7 Å². The van der Waals surface area contributed by atoms with Gasteiger partial charge in [0.1, 0.15) is 29.4 Å². The van der Waals surface area contributed by atoms with Crippen LogP contribution in [0.2, 0.25) is 25.7 Å². The summed E-state index contributed by atoms with van der Waals surface area (Å²) in [6.07, 6.45) is 0.596. The molecule has 0 bridgehead atoms. The van der Waals surface area contributed by atoms with Crippen molar-refractivity contribution in [2.24, 2.45) is 11.7 Å². The molecular formula is C22H29F2N5O4Si. The summed E-state index contributed by atoms with van der Waals surface area (Å²) >= 11 is 0. The van der Waals surface area contributed by atoms with E-state index in [0.29, 0.717) is 25.1 Å². The molecule has 1 aliphatic rings. The molecule has 1 saturated heterocycles. The summed E-state index contributed by atoms with van der Waals surface area (Å²) in [5, 5.41) is 8.07. The van der Waals surface area contributed by atoms with Gasteiger partial charge in [0.25, 0.3) is 5.91 Å². The molecule has 0 radical (unpaired) electrons. The van der Waals surface area contributed by atoms with Crippen molar-refractivity contribution in [1.82, 2.24) is 20.9 Å². The second kappa shape index (κ2) is 9.91. The first-order valence-corrected chi connectivity index (χ1v) is 14.7. The number of aromatic amines is 1. The summed E-state index contributed by atoms with van der Waals surface area (Å²) in [7, 11) is -1.90. The van der Waals surface area contributed by atoms with Crippen molar-refractivity contribution in [2.45, 2.75) is 50.6 Å². The molecule has 1 aromatic heterocycles. The van der Waals surface area contributed by atoms with Gasteiger partial charge in [0.05, 0.1) is 5.52 Å². The average Bonchev–Trinajstić information content (AvgIpc) is 3.32. The van der Waals surface area contributed by atoms with Crippen molar-refractivity contribution < 1.29 is 28.0 Å². The lowest BCUT2D eigenvalue weighted by atomic mass is 9.97. The number of nitrogens with one attached hydrogen (secondary N) is 4. The van der Waals surface area contributed by atoms with Crippen molar-refractivity contribution in [3.8, 4) is 0 Å². The number of benzene rings is 1. The number of hydrogen-bond donors (Lipinski definition) is 5. The van der Waals surface area contributed by atoms with Crippen molar-refractivity contribution in [2.75, 3.05) is 6.54 Å². The Labute approximate surface area is 196 Å². The van der Waals surface area contributed by atoms with Crippen molar-refractivity contribution >= 4 is 42.6 Å². The van der Waals surface area contributed by atoms with Gasteiger partial charge in [-0.3, -0.25) is 19.2 Å². The van der Waals surface area contributed by atoms with E-state index in [1.807, 2.05) is 19.6 Å². The standard InChI is InChI=1S/C22H29F2N5O4Si/c1-34(2,3)10-17(22(33)28-15(19(25)30)7-11-4-5-26-20(11)31)29-21(32)16-8-12-6-13(23)9-14(24)18(12)27-16/h6,8-9,11,15,17,27H,4-5,7,10H2,1-3H3,(H2,25,30)(H,26,31)(H,28,33)(H,29,32)/t11-,15-,17-/m0/s1. The lowest BCUT2D eigenvalue weighted by molar-refractivity contribution is -0.129. The number of halogens is 2. The van der Waals surface area contributed by atoms with Crippen LogP contribution in [0.4, 0.5) is 8.78 Å². The number of fused-ring (bicyclic) bond motifs is 1. The van der Waals surface area contributed by atoms with Gasteiger partial charge in [0.15, 0.2) is 0 Å². The molecule has 0 spiro atoms. The second-order valence-corrected chi connectivity index (χ2v) is 15.3. The van der Waals surface area contributed by atoms with Gasteiger partial charge in [-0.15, -0.1) is 0 Å². The molecular weight excluding hydrogens is 464 g/mol. The van der Waals surface area contributed by atoms with Crippen LogP contribution in [0.25, 0.3) is 10.9 Å². The van der Waals surface area contributed by atoms with E-state index in [-0.39, 0.29) is 28.9 Å². The van der Waals surface area contributed by atoms with Crippen LogP contribution in [0.15, 0.2) is 18.2 Å². The zero-order chi connectivity index (χ0) is 25.2. The molecule has 3 atom stereocenters. The van der Waals surface area contributed by atoms with Crippen LogP contribution in [-0.2, 0) is 14.4 Å². The molecule has 4 amide bonds. The van der Waals surface area contributed by atoms with Gasteiger partial charge in [0, 0.05) is 32.0 Å². The molecule has 1 fully saturated rings. The lowest BCUT2D eigenvalue weighted by Gasteiger charge is -2.27. The molecule has 9 nitrogen and oxygen atoms in total. The van der Waals surface area contributed by atoms with E-state index >= 15 is 0 Å². The first-order valence-electron chi connectivity index (χ1n) is 11.0. The Balaban J connectivity index is 1.78. The monoisotopic (exact) mass is 493 g/mol. The Morgan fingerprint density at radius 3 is 2.44 bits per heavy atom. The van der Waals surface area contributed by atoms with E-state index in [4.69, 9.17) is 5.73 Å². The second-order valence-electron chi connectivity index (χ2n) is 9.80. The number of carbonyl (C=O) groups is 4. The zero-order valence-electron chi connectivity index (χ0n) is 19.3. The Morgan fingerprint density at radius 1 is 1.15 bits per heavy atom. The summed E-state index contributed by atoms with van der Waals surface area (Å²) in [6.45, 7) is 6.52. The first-order chi connectivity index (χ1) is 15.8. The number of aromatic nitrogens is 1. The highest BCUT2D eigenvalue weighted by atomic mass is 28.3. The van der Waals surface area contributed by atoms with Crippen LogP contribution in [0.5, 0.6) is 0 Å². The van der Waals surface area contributed by atoms with Gasteiger partial charge in [-0.2, -0.15) is 0 Å². The number of nitrogens with two attached hydrogens (primary N) is 1. The molecule has 12 heteroatoms. The van der Waals surface area contributed by atoms with E-state index in [1.165, 1.54) is 6.07 Å². The van der Waals surface area contributed by atoms with Crippen LogP contribution in [0.1, 0.15) is 23.3 Å². The lowest BCUT2D eigenvalue weighted by Crippen LogP contribution is -2.55. The number of rotatable bonds is 9. The molecule has 0 saturated carbocycles. The smallest absolute Gasteiger partial charge is 0.268 e. The molecule has 184 valence electrons. The highest BCUT2D eigenvalue weighted by Crippen LogP contribution is 2.21. The molecule has 3 rings (SSSR count). The minimum atomic E-state index is -1.90. The van der Waals surface area contributed by atoms with Gasteiger partial charge in [-0.25, -0.2) is 8.78 Å². The summed E-state index contributed by atoms with van der Waals surface area (Å²) in [5.41, 5.74) is 5.40. The fourth-order valence-corrected chi connectivity index (χ4v) is 5.53. The Bertz CT molecular complexity index is 1130. The first kappa shape index (κ1) is 25.3. The molecule has 0 aliphatic carbocycles. The third-order valence-corrected chi connectivity index (χ3v) is 7.30. The molecule has 34 heavy (non-hydrogen) atoms. The highest BCUT2D eigenvalue weighted by Gasteiger charge is 2.34. The number of amides is 4. The average molecular weight is 494 g/mol. The molecule has 2 heterocycles. The van der Waals surface area contributed by atoms with Gasteiger partial charge in [0.2, 0.25) is 17.7 Å². The van der Waals surface area contributed by atoms with E-state index in [9.17, 15) is 28.0 Å². The van der Waals surface area contributed by atoms with E-state index in [1.54, 1.807) is 0 Å². The Morgan fingerprint density at radius 2 is 1.85 bits per heavy atom. The fraction of sp³-hybridized carbons (Fsp3) is 0.455. The predicted octanol–water partition coefficient (Wildman–Crippen LogP) is 1.38. The fourth-order valence-electron chi connectivity index (χ4n) is 4.02. The quantitative estimate of drug-likeness (QED) is 0.336. The normalized spacial score (nSPS) is 17.8. The van der Waals surface area contributed by atoms with Crippen LogP contribution in [0.3, 0.4) is 0 Å². The van der Waals surface area contributed by atoms with Crippen LogP contribution in [-0.4, -0.2) is 55.3 Å². The maximum absolute atomic E-state index is 14.0. The summed E-state index contributed by atoms with van der Waals surface area (Å²) in [5.74, 6) is -4.32. The predicted molar refractivity (Wildman–Crippen MR) is 124 cm³/mol. The zero-order valence-corrected chi connectivity index (χ0v) is 20.3. The summed E-state index contributed by atoms with van der Waals surface area (Å²) < 4.78 is 27.5. The number of H-pyrrole nitrogens is 1. The molecule has 1 aromatic carbocycles. The third-order valence-electron chi connectivity index (χ3n) is 5.67. The van der Waals surface area contributed by atoms with Crippen LogP contribution >= 0.6 is 0 Å². The maximum Gasteiger partial charge on any atom is 0.268 e. The number of carbonyl (C=O) groups excluding carboxylic acids is 4. The van der Waals surface area contributed by atoms with Crippen LogP contribution in [0, 0.1) is 17.6 Å². The molecule has 2 aromatic rings. The maximum atomic E-state index is 14.0. The molecule has 6 N–H and O–H groups in total. The van der Waals surface area contributed by atoms with Gasteiger partial charge < -0.3 is 26.7 Å². The van der Waals surface area contributed by atoms with E-state index in [0.717, 1.165) is 6.07 Å². The molecule has 0 unspecified atom stereocenters. The van der Waals surface area contributed by atoms with E-state index in [2.05, 4.69) is 20.9 Å². The third kappa shape index (κ3) is 6.19. The minimum Gasteiger partial charge on any atom is -0.368 e. The molecule has 1 aliphatic heterocycles. The minimum absolute atomic E-state index is 0.0265. The van der Waals surface area contributed by atoms with Gasteiger partial charge in [-0.05, 0) is 31.0 Å². The SMILES string of the molecule is C[Si](C)(C)C[C@H](NC(=O)c1cc2cc(F)cc(F)c2[nH]1)C(=O)N[C@@H](C[C@@H]1CCNC1=O)C(N)=O. The Kier molecular flexibility index (Phi) is 7.39.